The molecule has 2 aliphatic carbocycles. The summed E-state index contributed by atoms with van der Waals surface area (Å²) >= 11 is 0. The molecule has 1 unspecified atom stereocenters. The molecular weight excluding hydrogens is 228 g/mol. The molecule has 0 aliphatic heterocycles. The first-order valence-corrected chi connectivity index (χ1v) is 6.77. The van der Waals surface area contributed by atoms with Gasteiger partial charge in [-0.2, -0.15) is 0 Å². The van der Waals surface area contributed by atoms with Crippen LogP contribution >= 0.6 is 0 Å². The largest absolute Gasteiger partial charge is 0.493 e. The van der Waals surface area contributed by atoms with Gasteiger partial charge in [0.15, 0.2) is 11.6 Å². The average molecular weight is 248 g/mol. The summed E-state index contributed by atoms with van der Waals surface area (Å²) in [5, 5.41) is 0. The Morgan fingerprint density at radius 2 is 2.06 bits per heavy atom. The van der Waals surface area contributed by atoms with Gasteiger partial charge in [0.05, 0.1) is 12.2 Å². The zero-order valence-electron chi connectivity index (χ0n) is 11.1. The van der Waals surface area contributed by atoms with E-state index in [1.54, 1.807) is 0 Å². The molecule has 2 rings (SSSR count). The summed E-state index contributed by atoms with van der Waals surface area (Å²) < 4.78 is 5.54. The first-order valence-electron chi connectivity index (χ1n) is 6.77. The fraction of sp³-hybridized carbons (Fsp3) is 0.600. The van der Waals surface area contributed by atoms with E-state index >= 15 is 0 Å². The zero-order chi connectivity index (χ0) is 13.1. The fourth-order valence-corrected chi connectivity index (χ4v) is 2.75. The van der Waals surface area contributed by atoms with Crippen molar-refractivity contribution in [2.75, 3.05) is 6.61 Å². The molecule has 0 bridgehead atoms. The molecule has 98 valence electrons. The lowest BCUT2D eigenvalue weighted by atomic mass is 9.78. The first-order chi connectivity index (χ1) is 8.63. The van der Waals surface area contributed by atoms with Crippen LogP contribution in [-0.4, -0.2) is 18.2 Å². The maximum Gasteiger partial charge on any atom is 0.166 e. The molecule has 3 heteroatoms. The Balaban J connectivity index is 2.48. The number of allylic oxidation sites excluding steroid dienone is 3. The number of ether oxygens (including phenoxy) is 1. The molecular formula is C15H20O3. The second-order valence-corrected chi connectivity index (χ2v) is 5.02. The van der Waals surface area contributed by atoms with Gasteiger partial charge in [0.1, 0.15) is 5.76 Å². The molecule has 0 N–H and O–H groups in total. The van der Waals surface area contributed by atoms with Crippen LogP contribution in [0, 0.1) is 5.92 Å². The van der Waals surface area contributed by atoms with Crippen molar-refractivity contribution in [2.45, 2.75) is 46.0 Å². The number of carbonyl (C=O) groups excluding carboxylic acids is 2. The van der Waals surface area contributed by atoms with Crippen molar-refractivity contribution in [3.63, 3.8) is 0 Å². The minimum Gasteiger partial charge on any atom is -0.493 e. The normalized spacial score (nSPS) is 28.1. The van der Waals surface area contributed by atoms with Crippen LogP contribution in [0.25, 0.3) is 0 Å². The second kappa shape index (κ2) is 5.51. The zero-order valence-corrected chi connectivity index (χ0v) is 11.1. The molecule has 0 saturated heterocycles. The number of Topliss-reactive ketones (excluding diaryl/α,β-unsaturated/α-hetero) is 1. The van der Waals surface area contributed by atoms with Crippen LogP contribution in [0.2, 0.25) is 0 Å². The molecule has 0 spiro atoms. The van der Waals surface area contributed by atoms with Gasteiger partial charge >= 0.3 is 0 Å². The van der Waals surface area contributed by atoms with Crippen molar-refractivity contribution < 1.29 is 14.3 Å². The lowest BCUT2D eigenvalue weighted by Crippen LogP contribution is -2.22. The van der Waals surface area contributed by atoms with E-state index in [9.17, 15) is 9.59 Å². The third-order valence-electron chi connectivity index (χ3n) is 3.71. The number of hydrogen-bond donors (Lipinski definition) is 0. The second-order valence-electron chi connectivity index (χ2n) is 5.02. The Morgan fingerprint density at radius 3 is 2.78 bits per heavy atom. The summed E-state index contributed by atoms with van der Waals surface area (Å²) in [6.45, 7) is 4.52. The highest BCUT2D eigenvalue weighted by molar-refractivity contribution is 6.03. The Kier molecular flexibility index (Phi) is 4.00. The van der Waals surface area contributed by atoms with Gasteiger partial charge in [-0.15, -0.1) is 0 Å². The summed E-state index contributed by atoms with van der Waals surface area (Å²) in [7, 11) is 0. The molecule has 0 fully saturated rings. The molecule has 0 saturated carbocycles. The van der Waals surface area contributed by atoms with E-state index in [2.05, 4.69) is 6.92 Å². The minimum atomic E-state index is 0.0658. The van der Waals surface area contributed by atoms with Gasteiger partial charge < -0.3 is 4.74 Å². The molecule has 0 aromatic rings. The molecule has 18 heavy (non-hydrogen) atoms. The topological polar surface area (TPSA) is 43.4 Å². The smallest absolute Gasteiger partial charge is 0.166 e. The van der Waals surface area contributed by atoms with Crippen molar-refractivity contribution in [2.24, 2.45) is 5.92 Å². The third kappa shape index (κ3) is 2.55. The highest BCUT2D eigenvalue weighted by Gasteiger charge is 2.30. The van der Waals surface area contributed by atoms with Crippen LogP contribution in [0.5, 0.6) is 0 Å². The predicted molar refractivity (Wildman–Crippen MR) is 69.0 cm³/mol. The number of ketones is 2. The molecule has 0 amide bonds. The van der Waals surface area contributed by atoms with Gasteiger partial charge in [0.2, 0.25) is 0 Å². The van der Waals surface area contributed by atoms with E-state index in [0.717, 1.165) is 19.3 Å². The van der Waals surface area contributed by atoms with E-state index in [1.807, 2.05) is 6.92 Å². The summed E-state index contributed by atoms with van der Waals surface area (Å²) in [5.41, 5.74) is 1.89. The quantitative estimate of drug-likeness (QED) is 0.754. The highest BCUT2D eigenvalue weighted by Crippen LogP contribution is 2.36. The van der Waals surface area contributed by atoms with Gasteiger partial charge in [-0.05, 0) is 32.1 Å². The van der Waals surface area contributed by atoms with Crippen molar-refractivity contribution in [1.82, 2.24) is 0 Å². The van der Waals surface area contributed by atoms with Crippen LogP contribution in [-0.2, 0) is 14.3 Å². The monoisotopic (exact) mass is 248 g/mol. The van der Waals surface area contributed by atoms with Crippen LogP contribution in [0.1, 0.15) is 46.0 Å². The molecule has 0 aromatic heterocycles. The summed E-state index contributed by atoms with van der Waals surface area (Å²) in [4.78, 5) is 23.8. The summed E-state index contributed by atoms with van der Waals surface area (Å²) in [6, 6.07) is 0. The maximum atomic E-state index is 12.1. The van der Waals surface area contributed by atoms with E-state index in [-0.39, 0.29) is 11.6 Å². The van der Waals surface area contributed by atoms with Crippen LogP contribution in [0.4, 0.5) is 0 Å². The Labute approximate surface area is 108 Å². The summed E-state index contributed by atoms with van der Waals surface area (Å²) in [5.74, 6) is 1.14. The molecule has 0 heterocycles. The minimum absolute atomic E-state index is 0.0658. The van der Waals surface area contributed by atoms with Gasteiger partial charge in [0.25, 0.3) is 0 Å². The van der Waals surface area contributed by atoms with Crippen molar-refractivity contribution in [3.8, 4) is 0 Å². The fourth-order valence-electron chi connectivity index (χ4n) is 2.75. The summed E-state index contributed by atoms with van der Waals surface area (Å²) in [6.07, 6.45) is 5.25. The molecule has 0 radical (unpaired) electrons. The lowest BCUT2D eigenvalue weighted by Gasteiger charge is -2.27. The van der Waals surface area contributed by atoms with E-state index < -0.39 is 0 Å². The molecule has 1 atom stereocenters. The van der Waals surface area contributed by atoms with Crippen LogP contribution in [0.3, 0.4) is 0 Å². The molecule has 0 aromatic carbocycles. The SMILES string of the molecule is CCO/C1=C/C(=O)CCCC2=C1C(=O)CCC2C. The Hall–Kier alpha value is -1.38. The van der Waals surface area contributed by atoms with Crippen LogP contribution in [0.15, 0.2) is 23.0 Å². The average Bonchev–Trinajstić information content (AvgIpc) is 2.31. The van der Waals surface area contributed by atoms with E-state index in [0.29, 0.717) is 36.7 Å². The molecule has 2 aliphatic rings. The van der Waals surface area contributed by atoms with Gasteiger partial charge in [-0.3, -0.25) is 9.59 Å². The Morgan fingerprint density at radius 1 is 1.28 bits per heavy atom. The van der Waals surface area contributed by atoms with Gasteiger partial charge in [0, 0.05) is 18.9 Å². The van der Waals surface area contributed by atoms with Crippen molar-refractivity contribution in [1.29, 1.82) is 0 Å². The van der Waals surface area contributed by atoms with E-state index in [4.69, 9.17) is 4.74 Å². The lowest BCUT2D eigenvalue weighted by molar-refractivity contribution is -0.116. The number of hydrogen-bond acceptors (Lipinski definition) is 3. The third-order valence-corrected chi connectivity index (χ3v) is 3.71. The maximum absolute atomic E-state index is 12.1. The van der Waals surface area contributed by atoms with Crippen molar-refractivity contribution >= 4 is 11.6 Å². The molecule has 3 nitrogen and oxygen atoms in total. The highest BCUT2D eigenvalue weighted by atomic mass is 16.5. The van der Waals surface area contributed by atoms with E-state index in [1.165, 1.54) is 11.6 Å². The first kappa shape index (κ1) is 13.1. The van der Waals surface area contributed by atoms with Crippen LogP contribution < -0.4 is 0 Å². The van der Waals surface area contributed by atoms with Gasteiger partial charge in [-0.25, -0.2) is 0 Å². The number of carbonyl (C=O) groups is 2. The predicted octanol–water partition coefficient (Wildman–Crippen LogP) is 2.96. The standard InChI is InChI=1S/C15H20O3/c1-3-18-14-9-11(16)5-4-6-12-10(2)7-8-13(17)15(12)14/h9-10H,3-8H2,1-2H3/b14-9+. The number of rotatable bonds is 2. The van der Waals surface area contributed by atoms with Crippen molar-refractivity contribution in [3.05, 3.63) is 23.0 Å². The Bertz CT molecular complexity index is 429. The van der Waals surface area contributed by atoms with Gasteiger partial charge in [-0.1, -0.05) is 12.5 Å².